The van der Waals surface area contributed by atoms with Crippen LogP contribution in [-0.4, -0.2) is 18.0 Å². The first-order valence-electron chi connectivity index (χ1n) is 17.9. The first kappa shape index (κ1) is 37.0. The van der Waals surface area contributed by atoms with Crippen molar-refractivity contribution in [3.05, 3.63) is 138 Å². The number of hydrogen-bond donors (Lipinski definition) is 0. The Balaban J connectivity index is 0.000000182. The molecular formula is C46H46IrN2SSi-2. The van der Waals surface area contributed by atoms with E-state index >= 15 is 0 Å². The molecule has 0 saturated carbocycles. The monoisotopic (exact) mass is 879 g/mol. The Morgan fingerprint density at radius 1 is 0.765 bits per heavy atom. The summed E-state index contributed by atoms with van der Waals surface area (Å²) in [6.07, 6.45) is 10.0. The number of thiophene rings is 1. The van der Waals surface area contributed by atoms with Gasteiger partial charge in [0.05, 0.1) is 8.07 Å². The second-order valence-corrected chi connectivity index (χ2v) is 21.9. The second-order valence-electron chi connectivity index (χ2n) is 15.8. The molecule has 261 valence electrons. The summed E-state index contributed by atoms with van der Waals surface area (Å²) in [5, 5.41) is 4.12. The molecule has 1 radical (unpaired) electrons. The van der Waals surface area contributed by atoms with E-state index < -0.39 is 8.07 Å². The van der Waals surface area contributed by atoms with E-state index in [0.29, 0.717) is 0 Å². The molecule has 4 aromatic carbocycles. The van der Waals surface area contributed by atoms with Crippen molar-refractivity contribution in [3.8, 4) is 33.6 Å². The van der Waals surface area contributed by atoms with Crippen LogP contribution in [0.25, 0.3) is 53.8 Å². The summed E-state index contributed by atoms with van der Waals surface area (Å²) < 4.78 is 2.63. The van der Waals surface area contributed by atoms with Crippen molar-refractivity contribution in [2.24, 2.45) is 5.41 Å². The Labute approximate surface area is 322 Å². The quantitative estimate of drug-likeness (QED) is 0.127. The van der Waals surface area contributed by atoms with E-state index in [2.05, 4.69) is 138 Å². The van der Waals surface area contributed by atoms with Crippen LogP contribution >= 0.6 is 11.3 Å². The largest absolute Gasteiger partial charge is 0.305 e. The molecule has 5 heteroatoms. The Bertz CT molecular complexity index is 2260. The van der Waals surface area contributed by atoms with Gasteiger partial charge in [-0.3, -0.25) is 0 Å². The summed E-state index contributed by atoms with van der Waals surface area (Å²) in [7, 11) is -1.37. The third kappa shape index (κ3) is 8.34. The number of aryl methyl sites for hydroxylation is 1. The number of pyridine rings is 2. The molecule has 8 rings (SSSR count). The fourth-order valence-corrected chi connectivity index (χ4v) is 9.95. The normalized spacial score (nSPS) is 12.9. The van der Waals surface area contributed by atoms with Gasteiger partial charge in [0.2, 0.25) is 0 Å². The van der Waals surface area contributed by atoms with E-state index in [1.165, 1.54) is 78.0 Å². The molecule has 0 unspecified atom stereocenters. The van der Waals surface area contributed by atoms with Crippen molar-refractivity contribution in [1.29, 1.82) is 0 Å². The predicted molar refractivity (Wildman–Crippen MR) is 218 cm³/mol. The number of fused-ring (bicyclic) bond motifs is 4. The van der Waals surface area contributed by atoms with Crippen LogP contribution in [0.2, 0.25) is 19.6 Å². The van der Waals surface area contributed by atoms with Crippen LogP contribution < -0.4 is 5.19 Å². The van der Waals surface area contributed by atoms with Crippen LogP contribution in [0.15, 0.2) is 109 Å². The van der Waals surface area contributed by atoms with Gasteiger partial charge in [-0.15, -0.1) is 59.7 Å². The Morgan fingerprint density at radius 3 is 2.29 bits per heavy atom. The standard InChI is InChI=1S/C27H20NS.C19H26NSi.Ir/c1-2-7-18(8-3-1)20-13-14-25-24(17-20)22-11-6-12-23(27(22)29-25)26-21-10-5-4-9-19(21)15-16-28-26;1-19(2,3)13-16-12-17(15-10-8-7-9-11-15)20-14-18(16)21(4,5)6;/h1-3,6-8,11,13-17H,4-5,9-10H2;7-10,12,14H,13H2,1-6H3;/q2*-1;. The summed E-state index contributed by atoms with van der Waals surface area (Å²) in [6.45, 7) is 14.1. The summed E-state index contributed by atoms with van der Waals surface area (Å²) in [5.41, 5.74) is 11.6. The van der Waals surface area contributed by atoms with Crippen LogP contribution in [0.5, 0.6) is 0 Å². The van der Waals surface area contributed by atoms with Gasteiger partial charge in [-0.05, 0) is 93.5 Å². The van der Waals surface area contributed by atoms with Gasteiger partial charge < -0.3 is 9.97 Å². The number of benzene rings is 4. The molecule has 3 aromatic heterocycles. The van der Waals surface area contributed by atoms with Crippen molar-refractivity contribution < 1.29 is 20.1 Å². The molecule has 1 aliphatic carbocycles. The average molecular weight is 879 g/mol. The third-order valence-electron chi connectivity index (χ3n) is 9.55. The van der Waals surface area contributed by atoms with Gasteiger partial charge in [0.1, 0.15) is 0 Å². The molecule has 2 nitrogen and oxygen atoms in total. The minimum Gasteiger partial charge on any atom is -0.305 e. The van der Waals surface area contributed by atoms with Gasteiger partial charge in [0.25, 0.3) is 0 Å². The maximum absolute atomic E-state index is 4.82. The van der Waals surface area contributed by atoms with Gasteiger partial charge in [0, 0.05) is 37.2 Å². The topological polar surface area (TPSA) is 25.8 Å². The molecule has 0 N–H and O–H groups in total. The van der Waals surface area contributed by atoms with Crippen molar-refractivity contribution >= 4 is 44.8 Å². The van der Waals surface area contributed by atoms with Gasteiger partial charge >= 0.3 is 0 Å². The fraction of sp³-hybridized carbons (Fsp3) is 0.261. The minimum absolute atomic E-state index is 0. The molecule has 1 aliphatic rings. The molecule has 0 spiro atoms. The molecule has 0 amide bonds. The van der Waals surface area contributed by atoms with Gasteiger partial charge in [-0.2, -0.15) is 11.3 Å². The Kier molecular flexibility index (Phi) is 11.2. The van der Waals surface area contributed by atoms with Crippen LogP contribution in [0.1, 0.15) is 50.3 Å². The van der Waals surface area contributed by atoms with E-state index in [0.717, 1.165) is 29.8 Å². The smallest absolute Gasteiger partial charge is 0.0798 e. The Morgan fingerprint density at radius 2 is 1.55 bits per heavy atom. The molecule has 3 heterocycles. The number of hydrogen-bond acceptors (Lipinski definition) is 3. The second kappa shape index (κ2) is 15.5. The third-order valence-corrected chi connectivity index (χ3v) is 12.8. The van der Waals surface area contributed by atoms with Crippen molar-refractivity contribution in [2.75, 3.05) is 0 Å². The predicted octanol–water partition coefficient (Wildman–Crippen LogP) is 12.1. The minimum atomic E-state index is -1.37. The molecule has 0 aliphatic heterocycles. The van der Waals surface area contributed by atoms with E-state index in [1.54, 1.807) is 0 Å². The molecule has 0 atom stereocenters. The van der Waals surface area contributed by atoms with Crippen molar-refractivity contribution in [2.45, 2.75) is 72.5 Å². The first-order valence-corrected chi connectivity index (χ1v) is 22.2. The SMILES string of the molecule is CC(C)(C)Cc1cc(-c2[c-]cccc2)ncc1[Si](C)(C)C.[Ir].[c-]1ccc2c(sc3ccc(-c4ccccc4)cc32)c1-c1nccc2c1CCCC2. The summed E-state index contributed by atoms with van der Waals surface area (Å²) >= 11 is 1.87. The molecule has 0 bridgehead atoms. The number of nitrogens with zero attached hydrogens (tertiary/aromatic N) is 2. The van der Waals surface area contributed by atoms with Crippen LogP contribution in [0.4, 0.5) is 0 Å². The maximum Gasteiger partial charge on any atom is 0.0798 e. The molecule has 0 saturated heterocycles. The molecule has 7 aromatic rings. The molecular weight excluding hydrogens is 833 g/mol. The van der Waals surface area contributed by atoms with Crippen molar-refractivity contribution in [1.82, 2.24) is 9.97 Å². The van der Waals surface area contributed by atoms with E-state index in [1.807, 2.05) is 35.7 Å². The van der Waals surface area contributed by atoms with E-state index in [-0.39, 0.29) is 25.5 Å². The van der Waals surface area contributed by atoms with Crippen LogP contribution in [-0.2, 0) is 39.4 Å². The van der Waals surface area contributed by atoms with Crippen molar-refractivity contribution in [3.63, 3.8) is 0 Å². The molecule has 0 fully saturated rings. The average Bonchev–Trinajstić information content (AvgIpc) is 3.50. The summed E-state index contributed by atoms with van der Waals surface area (Å²) in [5.74, 6) is 0. The van der Waals surface area contributed by atoms with Gasteiger partial charge in [-0.25, -0.2) is 0 Å². The number of rotatable bonds is 5. The Hall–Kier alpha value is -3.73. The first-order chi connectivity index (χ1) is 24.0. The summed E-state index contributed by atoms with van der Waals surface area (Å²) in [6, 6.07) is 41.1. The molecule has 51 heavy (non-hydrogen) atoms. The van der Waals surface area contributed by atoms with E-state index in [4.69, 9.17) is 9.97 Å². The number of aromatic nitrogens is 2. The zero-order valence-corrected chi connectivity index (χ0v) is 34.8. The van der Waals surface area contributed by atoms with Gasteiger partial charge in [0.15, 0.2) is 0 Å². The van der Waals surface area contributed by atoms with Gasteiger partial charge in [-0.1, -0.05) is 105 Å². The zero-order valence-electron chi connectivity index (χ0n) is 30.6. The fourth-order valence-electron chi connectivity index (χ4n) is 7.20. The maximum atomic E-state index is 4.82. The van der Waals surface area contributed by atoms with E-state index in [9.17, 15) is 0 Å². The summed E-state index contributed by atoms with van der Waals surface area (Å²) in [4.78, 5) is 9.53. The zero-order chi connectivity index (χ0) is 34.9. The van der Waals surface area contributed by atoms with Crippen LogP contribution in [0.3, 0.4) is 0 Å². The van der Waals surface area contributed by atoms with Crippen LogP contribution in [0, 0.1) is 17.5 Å².